The van der Waals surface area contributed by atoms with E-state index in [4.69, 9.17) is 4.74 Å². The number of carbonyl (C=O) groups excluding carboxylic acids is 1. The molecule has 0 bridgehead atoms. The van der Waals surface area contributed by atoms with Gasteiger partial charge >= 0.3 is 0 Å². The van der Waals surface area contributed by atoms with Gasteiger partial charge in [0.15, 0.2) is 0 Å². The van der Waals surface area contributed by atoms with Crippen molar-refractivity contribution in [2.75, 3.05) is 0 Å². The molecule has 1 N–H and O–H groups in total. The molecule has 0 aliphatic heterocycles. The van der Waals surface area contributed by atoms with Gasteiger partial charge in [0.25, 0.3) is 5.91 Å². The molecule has 0 fully saturated rings. The number of aromatic nitrogens is 1. The third kappa shape index (κ3) is 4.19. The number of nitrogens with one attached hydrogen (secondary N) is 1. The molecule has 1 aliphatic carbocycles. The lowest BCUT2D eigenvalue weighted by Gasteiger charge is -2.26. The minimum atomic E-state index is -0.0633. The van der Waals surface area contributed by atoms with Crippen molar-refractivity contribution in [2.45, 2.75) is 38.8 Å². The van der Waals surface area contributed by atoms with Crippen molar-refractivity contribution in [2.24, 2.45) is 0 Å². The number of aryl methyl sites for hydroxylation is 2. The highest BCUT2D eigenvalue weighted by atomic mass is 32.1. The maximum absolute atomic E-state index is 12.8. The van der Waals surface area contributed by atoms with Crippen LogP contribution in [0.1, 0.15) is 51.1 Å². The molecule has 0 saturated carbocycles. The molecule has 27 heavy (non-hydrogen) atoms. The molecule has 4 rings (SSSR count). The number of fused-ring (bicyclic) bond motifs is 1. The zero-order valence-electron chi connectivity index (χ0n) is 15.3. The van der Waals surface area contributed by atoms with E-state index in [2.05, 4.69) is 28.5 Å². The second-order valence-corrected chi connectivity index (χ2v) is 7.85. The number of hydrogen-bond acceptors (Lipinski definition) is 4. The lowest BCUT2D eigenvalue weighted by molar-refractivity contribution is 0.0932. The van der Waals surface area contributed by atoms with Crippen LogP contribution in [-0.4, -0.2) is 10.9 Å². The molecule has 2 aromatic carbocycles. The number of nitrogens with zero attached hydrogens (tertiary/aromatic N) is 1. The summed E-state index contributed by atoms with van der Waals surface area (Å²) in [6.07, 6.45) is 3.16. The molecule has 0 saturated heterocycles. The Balaban J connectivity index is 1.43. The summed E-state index contributed by atoms with van der Waals surface area (Å²) in [4.78, 5) is 17.2. The Morgan fingerprint density at radius 1 is 1.26 bits per heavy atom. The zero-order valence-corrected chi connectivity index (χ0v) is 16.1. The van der Waals surface area contributed by atoms with Crippen LogP contribution < -0.4 is 10.1 Å². The monoisotopic (exact) mass is 378 g/mol. The first kappa shape index (κ1) is 17.7. The van der Waals surface area contributed by atoms with E-state index in [1.54, 1.807) is 17.4 Å². The highest BCUT2D eigenvalue weighted by Crippen LogP contribution is 2.29. The summed E-state index contributed by atoms with van der Waals surface area (Å²) in [6, 6.07) is 15.8. The van der Waals surface area contributed by atoms with Crippen molar-refractivity contribution in [3.63, 3.8) is 0 Å². The molecule has 3 aromatic rings. The quantitative estimate of drug-likeness (QED) is 0.691. The Kier molecular flexibility index (Phi) is 5.21. The number of hydrogen-bond donors (Lipinski definition) is 1. The fourth-order valence-corrected chi connectivity index (χ4v) is 4.10. The Morgan fingerprint density at radius 2 is 2.15 bits per heavy atom. The maximum Gasteiger partial charge on any atom is 0.251 e. The van der Waals surface area contributed by atoms with Crippen molar-refractivity contribution < 1.29 is 9.53 Å². The molecule has 0 unspecified atom stereocenters. The van der Waals surface area contributed by atoms with Gasteiger partial charge in [-0.15, -0.1) is 11.3 Å². The predicted molar refractivity (Wildman–Crippen MR) is 107 cm³/mol. The van der Waals surface area contributed by atoms with Crippen molar-refractivity contribution in [3.8, 4) is 5.75 Å². The Morgan fingerprint density at radius 3 is 3.00 bits per heavy atom. The van der Waals surface area contributed by atoms with Gasteiger partial charge in [0.2, 0.25) is 0 Å². The number of rotatable bonds is 5. The van der Waals surface area contributed by atoms with E-state index in [0.717, 1.165) is 30.0 Å². The zero-order chi connectivity index (χ0) is 18.6. The van der Waals surface area contributed by atoms with E-state index in [-0.39, 0.29) is 11.9 Å². The second kappa shape index (κ2) is 7.92. The average Bonchev–Trinajstić information content (AvgIpc) is 3.12. The van der Waals surface area contributed by atoms with Crippen LogP contribution in [0.4, 0.5) is 0 Å². The van der Waals surface area contributed by atoms with E-state index in [9.17, 15) is 4.79 Å². The van der Waals surface area contributed by atoms with Crippen LogP contribution in [0.2, 0.25) is 0 Å². The lowest BCUT2D eigenvalue weighted by atomic mass is 9.87. The van der Waals surface area contributed by atoms with E-state index in [0.29, 0.717) is 17.9 Å². The number of benzene rings is 2. The lowest BCUT2D eigenvalue weighted by Crippen LogP contribution is -2.30. The molecule has 1 aliphatic rings. The summed E-state index contributed by atoms with van der Waals surface area (Å²) in [7, 11) is 0. The van der Waals surface area contributed by atoms with Gasteiger partial charge in [0, 0.05) is 10.9 Å². The second-order valence-electron chi connectivity index (χ2n) is 6.79. The highest BCUT2D eigenvalue weighted by molar-refractivity contribution is 7.09. The summed E-state index contributed by atoms with van der Waals surface area (Å²) < 4.78 is 5.81. The molecule has 138 valence electrons. The summed E-state index contributed by atoms with van der Waals surface area (Å²) in [5, 5.41) is 6.21. The topological polar surface area (TPSA) is 51.2 Å². The first-order valence-corrected chi connectivity index (χ1v) is 10.1. The normalized spacial score (nSPS) is 15.8. The van der Waals surface area contributed by atoms with E-state index in [1.165, 1.54) is 11.1 Å². The Bertz CT molecular complexity index is 951. The van der Waals surface area contributed by atoms with Gasteiger partial charge in [-0.1, -0.05) is 30.3 Å². The van der Waals surface area contributed by atoms with Crippen molar-refractivity contribution in [3.05, 3.63) is 81.3 Å². The maximum atomic E-state index is 12.8. The minimum absolute atomic E-state index is 0.0633. The smallest absolute Gasteiger partial charge is 0.251 e. The SMILES string of the molecule is Cc1nc(COc2cccc(C(=O)N[C@H]3CCCc4ccccc43)c2)cs1. The van der Waals surface area contributed by atoms with Crippen LogP contribution >= 0.6 is 11.3 Å². The number of thiazole rings is 1. The molecule has 1 amide bonds. The van der Waals surface area contributed by atoms with Gasteiger partial charge in [0.1, 0.15) is 12.4 Å². The highest BCUT2D eigenvalue weighted by Gasteiger charge is 2.22. The number of ether oxygens (including phenoxy) is 1. The first-order chi connectivity index (χ1) is 13.2. The number of carbonyl (C=O) groups is 1. The first-order valence-electron chi connectivity index (χ1n) is 9.21. The van der Waals surface area contributed by atoms with E-state index in [1.807, 2.05) is 36.6 Å². The van der Waals surface area contributed by atoms with Crippen molar-refractivity contribution in [1.82, 2.24) is 10.3 Å². The Labute approximate surface area is 163 Å². The van der Waals surface area contributed by atoms with E-state index >= 15 is 0 Å². The van der Waals surface area contributed by atoms with Crippen LogP contribution in [0.3, 0.4) is 0 Å². The van der Waals surface area contributed by atoms with Crippen LogP contribution in [0, 0.1) is 6.92 Å². The fraction of sp³-hybridized carbons (Fsp3) is 0.273. The molecular formula is C22H22N2O2S. The molecule has 0 spiro atoms. The van der Waals surface area contributed by atoms with Gasteiger partial charge < -0.3 is 10.1 Å². The van der Waals surface area contributed by atoms with Crippen LogP contribution in [0.25, 0.3) is 0 Å². The molecule has 0 radical (unpaired) electrons. The standard InChI is InChI=1S/C22H22N2O2S/c1-15-23-18(14-27-15)13-26-19-9-4-8-17(12-19)22(25)24-21-11-5-7-16-6-2-3-10-20(16)21/h2-4,6,8-10,12,14,21H,5,7,11,13H2,1H3,(H,24,25)/t21-/m0/s1. The van der Waals surface area contributed by atoms with Gasteiger partial charge in [0.05, 0.1) is 16.7 Å². The average molecular weight is 378 g/mol. The molecular weight excluding hydrogens is 356 g/mol. The van der Waals surface area contributed by atoms with Crippen LogP contribution in [-0.2, 0) is 13.0 Å². The van der Waals surface area contributed by atoms with Crippen LogP contribution in [0.15, 0.2) is 53.9 Å². The fourth-order valence-electron chi connectivity index (χ4n) is 3.50. The summed E-state index contributed by atoms with van der Waals surface area (Å²) >= 11 is 1.61. The van der Waals surface area contributed by atoms with Gasteiger partial charge in [-0.3, -0.25) is 4.79 Å². The van der Waals surface area contributed by atoms with E-state index < -0.39 is 0 Å². The molecule has 1 heterocycles. The van der Waals surface area contributed by atoms with Gasteiger partial charge in [-0.2, -0.15) is 0 Å². The Hall–Kier alpha value is -2.66. The summed E-state index contributed by atoms with van der Waals surface area (Å²) in [5.41, 5.74) is 4.10. The largest absolute Gasteiger partial charge is 0.487 e. The third-order valence-corrected chi connectivity index (χ3v) is 5.65. The van der Waals surface area contributed by atoms with Crippen molar-refractivity contribution in [1.29, 1.82) is 0 Å². The minimum Gasteiger partial charge on any atom is -0.487 e. The molecule has 5 heteroatoms. The number of amides is 1. The molecule has 1 atom stereocenters. The molecule has 1 aromatic heterocycles. The summed E-state index contributed by atoms with van der Waals surface area (Å²) in [5.74, 6) is 0.615. The summed E-state index contributed by atoms with van der Waals surface area (Å²) in [6.45, 7) is 2.38. The van der Waals surface area contributed by atoms with Gasteiger partial charge in [-0.25, -0.2) is 4.98 Å². The van der Waals surface area contributed by atoms with Gasteiger partial charge in [-0.05, 0) is 55.5 Å². The van der Waals surface area contributed by atoms with Crippen LogP contribution in [0.5, 0.6) is 5.75 Å². The van der Waals surface area contributed by atoms with Crippen molar-refractivity contribution >= 4 is 17.2 Å². The predicted octanol–water partition coefficient (Wildman–Crippen LogP) is 4.84. The third-order valence-electron chi connectivity index (χ3n) is 4.82. The molecule has 4 nitrogen and oxygen atoms in total.